The minimum absolute atomic E-state index is 0.109. The minimum Gasteiger partial charge on any atom is -0.462 e. The molecule has 0 aromatic heterocycles. The molecule has 0 amide bonds. The zero-order chi connectivity index (χ0) is 76.2. The molecule has 19 heteroatoms. The molecule has 0 aliphatic rings. The lowest BCUT2D eigenvalue weighted by Gasteiger charge is -2.21. The normalized spacial score (nSPS) is 13.8. The molecule has 0 aromatic carbocycles. The monoisotopic (exact) mass is 1520 g/mol. The van der Waals surface area contributed by atoms with Crippen molar-refractivity contribution in [2.75, 3.05) is 39.6 Å². The van der Waals surface area contributed by atoms with E-state index in [4.69, 9.17) is 37.0 Å². The van der Waals surface area contributed by atoms with E-state index in [-0.39, 0.29) is 25.7 Å². The highest BCUT2D eigenvalue weighted by atomic mass is 31.2. The predicted octanol–water partition coefficient (Wildman–Crippen LogP) is 26.0. The molecule has 104 heavy (non-hydrogen) atoms. The lowest BCUT2D eigenvalue weighted by molar-refractivity contribution is -0.161. The van der Waals surface area contributed by atoms with Gasteiger partial charge in [0.15, 0.2) is 12.2 Å². The number of carbonyl (C=O) groups is 4. The zero-order valence-corrected chi connectivity index (χ0v) is 70.0. The van der Waals surface area contributed by atoms with Gasteiger partial charge in [0, 0.05) is 25.7 Å². The first-order chi connectivity index (χ1) is 50.5. The molecule has 0 saturated heterocycles. The summed E-state index contributed by atoms with van der Waals surface area (Å²) in [5.41, 5.74) is 0. The van der Waals surface area contributed by atoms with Crippen LogP contribution >= 0.6 is 15.6 Å². The third-order valence-corrected chi connectivity index (χ3v) is 21.9. The average Bonchev–Trinajstić information content (AvgIpc) is 0.910. The lowest BCUT2D eigenvalue weighted by atomic mass is 10.0. The molecule has 17 nitrogen and oxygen atoms in total. The van der Waals surface area contributed by atoms with Crippen molar-refractivity contribution in [3.8, 4) is 0 Å². The Labute approximate surface area is 638 Å². The van der Waals surface area contributed by atoms with Gasteiger partial charge in [-0.25, -0.2) is 9.13 Å². The van der Waals surface area contributed by atoms with Crippen molar-refractivity contribution in [1.82, 2.24) is 0 Å². The number of esters is 4. The van der Waals surface area contributed by atoms with Gasteiger partial charge in [-0.2, -0.15) is 0 Å². The number of unbranched alkanes of at least 4 members (excludes halogenated alkanes) is 57. The fraction of sp³-hybridized carbons (Fsp3) is 0.953. The van der Waals surface area contributed by atoms with Crippen molar-refractivity contribution in [3.05, 3.63) is 0 Å². The first-order valence-corrected chi connectivity index (χ1v) is 47.1. The molecule has 0 aliphatic carbocycles. The van der Waals surface area contributed by atoms with E-state index in [0.717, 1.165) is 95.8 Å². The fourth-order valence-electron chi connectivity index (χ4n) is 13.3. The Bertz CT molecular complexity index is 1980. The minimum atomic E-state index is -4.96. The van der Waals surface area contributed by atoms with E-state index in [1.165, 1.54) is 283 Å². The Balaban J connectivity index is 5.20. The van der Waals surface area contributed by atoms with Gasteiger partial charge in [-0.3, -0.25) is 37.3 Å². The summed E-state index contributed by atoms with van der Waals surface area (Å²) in [5, 5.41) is 10.7. The molecule has 2 unspecified atom stereocenters. The molecule has 0 saturated carbocycles. The first kappa shape index (κ1) is 102. The van der Waals surface area contributed by atoms with Crippen LogP contribution in [-0.4, -0.2) is 96.7 Å². The van der Waals surface area contributed by atoms with Gasteiger partial charge in [-0.15, -0.1) is 0 Å². The van der Waals surface area contributed by atoms with Crippen LogP contribution in [0.25, 0.3) is 0 Å². The summed E-state index contributed by atoms with van der Waals surface area (Å²) >= 11 is 0. The summed E-state index contributed by atoms with van der Waals surface area (Å²) in [5.74, 6) is -1.28. The smallest absolute Gasteiger partial charge is 0.462 e. The number of phosphoric ester groups is 2. The summed E-state index contributed by atoms with van der Waals surface area (Å²) in [7, 11) is -9.92. The summed E-state index contributed by atoms with van der Waals surface area (Å²) in [6.45, 7) is 7.38. The van der Waals surface area contributed by atoms with Gasteiger partial charge in [0.2, 0.25) is 0 Å². The molecular formula is C85H166O17P2. The standard InChI is InChI=1S/C85H166O17P2/c1-6-9-12-15-18-21-23-25-27-29-33-37-40-44-49-54-59-64-69-83(88)96-75-81(102-85(90)71-66-61-56-51-46-42-38-34-31-30-32-35-39-43-48-52-57-62-67-78(4)5)77-100-104(93,94)98-73-79(86)72-97-103(91,92)99-76-80(74-95-82(87)68-63-58-53-47-20-17-14-11-8-3)101-84(89)70-65-60-55-50-45-41-36-28-26-24-22-19-16-13-10-7-2/h78-81,86H,6-77H2,1-5H3,(H,91,92)(H,93,94)/t79-,80+,81+/m0/s1. The van der Waals surface area contributed by atoms with Crippen molar-refractivity contribution in [2.24, 2.45) is 5.92 Å². The second-order valence-corrected chi connectivity index (χ2v) is 34.0. The van der Waals surface area contributed by atoms with E-state index in [0.29, 0.717) is 25.7 Å². The number of hydrogen-bond donors (Lipinski definition) is 3. The topological polar surface area (TPSA) is 237 Å². The van der Waals surface area contributed by atoms with Gasteiger partial charge >= 0.3 is 39.5 Å². The molecule has 0 bridgehead atoms. The van der Waals surface area contributed by atoms with Crippen LogP contribution in [0.4, 0.5) is 0 Å². The summed E-state index contributed by atoms with van der Waals surface area (Å²) in [6, 6.07) is 0. The van der Waals surface area contributed by atoms with Crippen LogP contribution in [0.15, 0.2) is 0 Å². The second-order valence-electron chi connectivity index (χ2n) is 31.1. The average molecular weight is 1520 g/mol. The van der Waals surface area contributed by atoms with Crippen LogP contribution in [0.1, 0.15) is 458 Å². The highest BCUT2D eigenvalue weighted by Gasteiger charge is 2.30. The van der Waals surface area contributed by atoms with Crippen molar-refractivity contribution < 1.29 is 80.2 Å². The molecule has 0 fully saturated rings. The maximum Gasteiger partial charge on any atom is 0.472 e. The van der Waals surface area contributed by atoms with Crippen LogP contribution in [0.3, 0.4) is 0 Å². The van der Waals surface area contributed by atoms with Crippen molar-refractivity contribution in [2.45, 2.75) is 477 Å². The summed E-state index contributed by atoms with van der Waals surface area (Å²) in [6.07, 6.45) is 70.8. The summed E-state index contributed by atoms with van der Waals surface area (Å²) < 4.78 is 68.8. The second kappa shape index (κ2) is 77.8. The molecule has 618 valence electrons. The van der Waals surface area contributed by atoms with Crippen LogP contribution in [0.2, 0.25) is 0 Å². The summed E-state index contributed by atoms with van der Waals surface area (Å²) in [4.78, 5) is 73.1. The van der Waals surface area contributed by atoms with Gasteiger partial charge in [-0.05, 0) is 31.6 Å². The Kier molecular flexibility index (Phi) is 76.3. The molecule has 0 heterocycles. The molecule has 5 atom stereocenters. The first-order valence-electron chi connectivity index (χ1n) is 44.1. The van der Waals surface area contributed by atoms with Crippen LogP contribution in [-0.2, 0) is 65.4 Å². The van der Waals surface area contributed by atoms with E-state index >= 15 is 0 Å². The Hall–Kier alpha value is -1.94. The number of carbonyl (C=O) groups excluding carboxylic acids is 4. The molecule has 0 radical (unpaired) electrons. The Morgan fingerprint density at radius 2 is 0.442 bits per heavy atom. The molecular weight excluding hydrogens is 1350 g/mol. The largest absolute Gasteiger partial charge is 0.472 e. The van der Waals surface area contributed by atoms with E-state index in [9.17, 15) is 43.2 Å². The van der Waals surface area contributed by atoms with Crippen LogP contribution in [0, 0.1) is 5.92 Å². The molecule has 0 spiro atoms. The SMILES string of the molecule is CCCCCCCCCCCCCCCCCCCCC(=O)OC[C@H](COP(=O)(O)OC[C@@H](O)COP(=O)(O)OC[C@@H](COC(=O)CCCCCCCCCCC)OC(=O)CCCCCCCCCCCCCCCCCC)OC(=O)CCCCCCCCCCCCCCCCCCCCC(C)C. The van der Waals surface area contributed by atoms with Crippen LogP contribution in [0.5, 0.6) is 0 Å². The van der Waals surface area contributed by atoms with Crippen molar-refractivity contribution >= 4 is 39.5 Å². The lowest BCUT2D eigenvalue weighted by Crippen LogP contribution is -2.30. The zero-order valence-electron chi connectivity index (χ0n) is 68.2. The predicted molar refractivity (Wildman–Crippen MR) is 428 cm³/mol. The third kappa shape index (κ3) is 78.2. The van der Waals surface area contributed by atoms with Gasteiger partial charge in [0.25, 0.3) is 0 Å². The molecule has 0 aromatic rings. The third-order valence-electron chi connectivity index (χ3n) is 20.0. The number of aliphatic hydroxyl groups excluding tert-OH is 1. The van der Waals surface area contributed by atoms with E-state index in [1.807, 2.05) is 0 Å². The molecule has 3 N–H and O–H groups in total. The number of hydrogen-bond acceptors (Lipinski definition) is 15. The van der Waals surface area contributed by atoms with E-state index in [2.05, 4.69) is 34.6 Å². The van der Waals surface area contributed by atoms with Gasteiger partial charge in [0.1, 0.15) is 19.3 Å². The fourth-order valence-corrected chi connectivity index (χ4v) is 14.9. The number of ether oxygens (including phenoxy) is 4. The maximum absolute atomic E-state index is 13.1. The highest BCUT2D eigenvalue weighted by Crippen LogP contribution is 2.45. The Morgan fingerprint density at radius 1 is 0.260 bits per heavy atom. The maximum atomic E-state index is 13.1. The van der Waals surface area contributed by atoms with E-state index in [1.54, 1.807) is 0 Å². The number of phosphoric acid groups is 2. The van der Waals surface area contributed by atoms with Gasteiger partial charge < -0.3 is 33.8 Å². The highest BCUT2D eigenvalue weighted by molar-refractivity contribution is 7.47. The number of aliphatic hydroxyl groups is 1. The Morgan fingerprint density at radius 3 is 0.654 bits per heavy atom. The molecule has 0 rings (SSSR count). The van der Waals surface area contributed by atoms with Crippen molar-refractivity contribution in [3.63, 3.8) is 0 Å². The van der Waals surface area contributed by atoms with Gasteiger partial charge in [0.05, 0.1) is 26.4 Å². The number of rotatable bonds is 85. The van der Waals surface area contributed by atoms with E-state index < -0.39 is 97.5 Å². The van der Waals surface area contributed by atoms with Gasteiger partial charge in [-0.1, -0.05) is 407 Å². The van der Waals surface area contributed by atoms with Crippen molar-refractivity contribution in [1.29, 1.82) is 0 Å². The molecule has 0 aliphatic heterocycles. The van der Waals surface area contributed by atoms with Crippen LogP contribution < -0.4 is 0 Å². The quantitative estimate of drug-likeness (QED) is 0.0222.